The molecule has 0 saturated heterocycles. The lowest BCUT2D eigenvalue weighted by Gasteiger charge is -2.19. The van der Waals surface area contributed by atoms with Gasteiger partial charge in [0.2, 0.25) is 0 Å². The summed E-state index contributed by atoms with van der Waals surface area (Å²) in [5.41, 5.74) is 7.03. The number of H-pyrrole nitrogens is 1. The maximum atomic E-state index is 3.29. The van der Waals surface area contributed by atoms with E-state index in [4.69, 9.17) is 0 Å². The Labute approximate surface area is 100 Å². The molecule has 0 spiro atoms. The van der Waals surface area contributed by atoms with E-state index in [1.165, 1.54) is 33.2 Å². The maximum absolute atomic E-state index is 3.29. The third-order valence-corrected chi connectivity index (χ3v) is 3.75. The summed E-state index contributed by atoms with van der Waals surface area (Å²) in [6.45, 7) is 0. The summed E-state index contributed by atoms with van der Waals surface area (Å²) >= 11 is 0. The molecule has 1 aliphatic rings. The number of rotatable bonds is 0. The van der Waals surface area contributed by atoms with Crippen LogP contribution < -0.4 is 0 Å². The molecule has 1 heteroatoms. The van der Waals surface area contributed by atoms with Crippen LogP contribution in [0.4, 0.5) is 0 Å². The van der Waals surface area contributed by atoms with Crippen LogP contribution in [0.3, 0.4) is 0 Å². The Bertz CT molecular complexity index is 706. The SMILES string of the molecule is c1ccc2c(c1)CCc1cc3[nH]ccc3cc1-2. The molecule has 3 aromatic rings. The number of benzene rings is 2. The van der Waals surface area contributed by atoms with Gasteiger partial charge in [0.15, 0.2) is 0 Å². The van der Waals surface area contributed by atoms with Gasteiger partial charge in [-0.15, -0.1) is 0 Å². The summed E-state index contributed by atoms with van der Waals surface area (Å²) in [6.07, 6.45) is 4.33. The molecule has 0 aliphatic heterocycles. The minimum absolute atomic E-state index is 1.15. The summed E-state index contributed by atoms with van der Waals surface area (Å²) in [5.74, 6) is 0. The molecular weight excluding hydrogens is 206 g/mol. The molecule has 0 unspecified atom stereocenters. The minimum Gasteiger partial charge on any atom is -0.361 e. The van der Waals surface area contributed by atoms with Crippen LogP contribution >= 0.6 is 0 Å². The van der Waals surface area contributed by atoms with Crippen LogP contribution in [0.2, 0.25) is 0 Å². The fraction of sp³-hybridized carbons (Fsp3) is 0.125. The average molecular weight is 219 g/mol. The van der Waals surface area contributed by atoms with Crippen LogP contribution in [-0.4, -0.2) is 4.98 Å². The number of fused-ring (bicyclic) bond motifs is 4. The fourth-order valence-electron chi connectivity index (χ4n) is 2.87. The lowest BCUT2D eigenvalue weighted by molar-refractivity contribution is 0.944. The summed E-state index contributed by atoms with van der Waals surface area (Å²) in [6, 6.07) is 15.5. The molecule has 17 heavy (non-hydrogen) atoms. The molecule has 1 aliphatic carbocycles. The Morgan fingerprint density at radius 2 is 1.71 bits per heavy atom. The van der Waals surface area contributed by atoms with Crippen molar-refractivity contribution < 1.29 is 0 Å². The van der Waals surface area contributed by atoms with Crippen molar-refractivity contribution in [3.05, 3.63) is 59.8 Å². The zero-order valence-electron chi connectivity index (χ0n) is 9.53. The van der Waals surface area contributed by atoms with Gasteiger partial charge in [-0.3, -0.25) is 0 Å². The van der Waals surface area contributed by atoms with Gasteiger partial charge in [-0.25, -0.2) is 0 Å². The first-order valence-corrected chi connectivity index (χ1v) is 6.10. The second-order valence-electron chi connectivity index (χ2n) is 4.73. The predicted octanol–water partition coefficient (Wildman–Crippen LogP) is 3.93. The number of aryl methyl sites for hydroxylation is 2. The van der Waals surface area contributed by atoms with Crippen LogP contribution in [0.25, 0.3) is 22.0 Å². The summed E-state index contributed by atoms with van der Waals surface area (Å²) in [7, 11) is 0. The summed E-state index contributed by atoms with van der Waals surface area (Å²) < 4.78 is 0. The van der Waals surface area contributed by atoms with Crippen molar-refractivity contribution in [1.82, 2.24) is 4.98 Å². The largest absolute Gasteiger partial charge is 0.361 e. The van der Waals surface area contributed by atoms with Crippen molar-refractivity contribution >= 4 is 10.9 Å². The number of nitrogens with one attached hydrogen (secondary N) is 1. The second-order valence-corrected chi connectivity index (χ2v) is 4.73. The second kappa shape index (κ2) is 3.24. The van der Waals surface area contributed by atoms with Gasteiger partial charge in [0, 0.05) is 11.7 Å². The summed E-state index contributed by atoms with van der Waals surface area (Å²) in [4.78, 5) is 3.29. The Kier molecular flexibility index (Phi) is 1.72. The molecule has 4 rings (SSSR count). The smallest absolute Gasteiger partial charge is 0.0457 e. The van der Waals surface area contributed by atoms with Crippen LogP contribution in [0.1, 0.15) is 11.1 Å². The Hall–Kier alpha value is -2.02. The van der Waals surface area contributed by atoms with E-state index in [1.54, 1.807) is 0 Å². The average Bonchev–Trinajstić information content (AvgIpc) is 2.83. The van der Waals surface area contributed by atoms with E-state index in [2.05, 4.69) is 47.4 Å². The molecule has 0 radical (unpaired) electrons. The molecule has 0 saturated carbocycles. The van der Waals surface area contributed by atoms with Crippen molar-refractivity contribution in [3.63, 3.8) is 0 Å². The van der Waals surface area contributed by atoms with Crippen molar-refractivity contribution in [2.24, 2.45) is 0 Å². The summed E-state index contributed by atoms with van der Waals surface area (Å²) in [5, 5.41) is 1.31. The third kappa shape index (κ3) is 1.26. The van der Waals surface area contributed by atoms with Gasteiger partial charge >= 0.3 is 0 Å². The van der Waals surface area contributed by atoms with Crippen molar-refractivity contribution in [3.8, 4) is 11.1 Å². The molecule has 1 heterocycles. The Morgan fingerprint density at radius 3 is 2.71 bits per heavy atom. The van der Waals surface area contributed by atoms with Gasteiger partial charge in [-0.1, -0.05) is 24.3 Å². The van der Waals surface area contributed by atoms with E-state index >= 15 is 0 Å². The van der Waals surface area contributed by atoms with Crippen LogP contribution in [0, 0.1) is 0 Å². The van der Waals surface area contributed by atoms with E-state index in [0.29, 0.717) is 0 Å². The molecule has 1 aromatic heterocycles. The fourth-order valence-corrected chi connectivity index (χ4v) is 2.87. The zero-order chi connectivity index (χ0) is 11.2. The monoisotopic (exact) mass is 219 g/mol. The normalized spacial score (nSPS) is 13.4. The molecule has 1 N–H and O–H groups in total. The van der Waals surface area contributed by atoms with Crippen LogP contribution in [-0.2, 0) is 12.8 Å². The quantitative estimate of drug-likeness (QED) is 0.589. The molecule has 0 atom stereocenters. The first-order chi connectivity index (χ1) is 8.42. The topological polar surface area (TPSA) is 15.8 Å². The molecule has 2 aromatic carbocycles. The number of hydrogen-bond acceptors (Lipinski definition) is 0. The highest BCUT2D eigenvalue weighted by atomic mass is 14.7. The van der Waals surface area contributed by atoms with Crippen LogP contribution in [0.5, 0.6) is 0 Å². The van der Waals surface area contributed by atoms with E-state index < -0.39 is 0 Å². The highest BCUT2D eigenvalue weighted by Gasteiger charge is 2.16. The Balaban J connectivity index is 2.07. The van der Waals surface area contributed by atoms with Gasteiger partial charge in [-0.05, 0) is 58.7 Å². The molecule has 1 nitrogen and oxygen atoms in total. The first kappa shape index (κ1) is 9.06. The number of hydrogen-bond donors (Lipinski definition) is 1. The maximum Gasteiger partial charge on any atom is 0.0457 e. The lowest BCUT2D eigenvalue weighted by Crippen LogP contribution is -2.03. The van der Waals surface area contributed by atoms with Gasteiger partial charge in [0.25, 0.3) is 0 Å². The highest BCUT2D eigenvalue weighted by molar-refractivity contribution is 5.88. The van der Waals surface area contributed by atoms with E-state index in [-0.39, 0.29) is 0 Å². The van der Waals surface area contributed by atoms with Gasteiger partial charge in [0.05, 0.1) is 0 Å². The van der Waals surface area contributed by atoms with Gasteiger partial charge < -0.3 is 4.98 Å². The molecule has 82 valence electrons. The highest BCUT2D eigenvalue weighted by Crippen LogP contribution is 2.35. The molecule has 0 fully saturated rings. The van der Waals surface area contributed by atoms with Gasteiger partial charge in [0.1, 0.15) is 0 Å². The lowest BCUT2D eigenvalue weighted by atomic mass is 9.85. The zero-order valence-corrected chi connectivity index (χ0v) is 9.53. The van der Waals surface area contributed by atoms with Crippen molar-refractivity contribution in [2.75, 3.05) is 0 Å². The standard InChI is InChI=1S/C16H13N/c1-2-4-14-11(3-1)5-6-12-10-16-13(7-8-17-16)9-15(12)14/h1-4,7-10,17H,5-6H2. The first-order valence-electron chi connectivity index (χ1n) is 6.10. The van der Waals surface area contributed by atoms with Crippen molar-refractivity contribution in [1.29, 1.82) is 0 Å². The van der Waals surface area contributed by atoms with E-state index in [1.807, 2.05) is 6.20 Å². The number of aromatic nitrogens is 1. The number of aromatic amines is 1. The van der Waals surface area contributed by atoms with Crippen LogP contribution in [0.15, 0.2) is 48.7 Å². The predicted molar refractivity (Wildman–Crippen MR) is 71.1 cm³/mol. The third-order valence-electron chi connectivity index (χ3n) is 3.75. The molecule has 0 bridgehead atoms. The van der Waals surface area contributed by atoms with Gasteiger partial charge in [-0.2, -0.15) is 0 Å². The molecule has 0 amide bonds. The minimum atomic E-state index is 1.15. The van der Waals surface area contributed by atoms with Crippen molar-refractivity contribution in [2.45, 2.75) is 12.8 Å². The molecular formula is C16H13N. The Morgan fingerprint density at radius 1 is 0.824 bits per heavy atom. The van der Waals surface area contributed by atoms with E-state index in [9.17, 15) is 0 Å². The van der Waals surface area contributed by atoms with E-state index in [0.717, 1.165) is 12.8 Å².